The summed E-state index contributed by atoms with van der Waals surface area (Å²) >= 11 is 1.10. The van der Waals surface area contributed by atoms with E-state index in [4.69, 9.17) is 10.5 Å². The number of carbonyl (C=O) groups is 1. The normalized spacial score (nSPS) is 23.2. The summed E-state index contributed by atoms with van der Waals surface area (Å²) < 4.78 is 9.43. The van der Waals surface area contributed by atoms with Crippen LogP contribution in [0.4, 0.5) is 0 Å². The van der Waals surface area contributed by atoms with Gasteiger partial charge in [0.1, 0.15) is 4.88 Å². The molecule has 6 nitrogen and oxygen atoms in total. The Kier molecular flexibility index (Phi) is 5.68. The maximum Gasteiger partial charge on any atom is 0.264 e. The van der Waals surface area contributed by atoms with Gasteiger partial charge in [0.2, 0.25) is 0 Å². The number of aromatic nitrogens is 2. The van der Waals surface area contributed by atoms with Crippen molar-refractivity contribution < 1.29 is 9.53 Å². The van der Waals surface area contributed by atoms with Gasteiger partial charge in [0, 0.05) is 19.2 Å². The fraction of sp³-hybridized carbons (Fsp3) is 0.750. The molecule has 0 unspecified atom stereocenters. The monoisotopic (exact) mass is 284 g/mol. The van der Waals surface area contributed by atoms with Crippen molar-refractivity contribution in [3.05, 3.63) is 11.1 Å². The first-order valence-electron chi connectivity index (χ1n) is 6.68. The van der Waals surface area contributed by atoms with E-state index < -0.39 is 0 Å². The molecule has 0 spiro atoms. The van der Waals surface area contributed by atoms with Gasteiger partial charge >= 0.3 is 0 Å². The SMILES string of the molecule is NC1CCC(OCCCNC(=O)c2cnns2)CC1. The fourth-order valence-corrected chi connectivity index (χ4v) is 2.57. The van der Waals surface area contributed by atoms with Crippen LogP contribution in [0.3, 0.4) is 0 Å². The first kappa shape index (κ1) is 14.4. The van der Waals surface area contributed by atoms with Crippen LogP contribution in [-0.2, 0) is 4.74 Å². The van der Waals surface area contributed by atoms with E-state index in [9.17, 15) is 4.79 Å². The molecule has 1 heterocycles. The summed E-state index contributed by atoms with van der Waals surface area (Å²) in [6.07, 6.45) is 6.86. The Balaban J connectivity index is 1.51. The van der Waals surface area contributed by atoms with Gasteiger partial charge in [0.15, 0.2) is 0 Å². The molecule has 1 amide bonds. The first-order chi connectivity index (χ1) is 9.25. The van der Waals surface area contributed by atoms with Crippen molar-refractivity contribution in [1.29, 1.82) is 0 Å². The minimum Gasteiger partial charge on any atom is -0.378 e. The van der Waals surface area contributed by atoms with Gasteiger partial charge in [0.25, 0.3) is 5.91 Å². The van der Waals surface area contributed by atoms with E-state index >= 15 is 0 Å². The predicted molar refractivity (Wildman–Crippen MR) is 73.0 cm³/mol. The molecule has 0 atom stereocenters. The molecule has 3 N–H and O–H groups in total. The predicted octanol–water partition coefficient (Wildman–Crippen LogP) is 0.944. The molecule has 1 fully saturated rings. The Morgan fingerprint density at radius 1 is 1.47 bits per heavy atom. The minimum atomic E-state index is -0.112. The highest BCUT2D eigenvalue weighted by Gasteiger charge is 2.18. The number of amides is 1. The molecule has 0 aliphatic heterocycles. The van der Waals surface area contributed by atoms with Crippen molar-refractivity contribution in [1.82, 2.24) is 14.9 Å². The first-order valence-corrected chi connectivity index (χ1v) is 7.46. The highest BCUT2D eigenvalue weighted by Crippen LogP contribution is 2.19. The second-order valence-electron chi connectivity index (χ2n) is 4.80. The molecule has 0 radical (unpaired) electrons. The molecule has 19 heavy (non-hydrogen) atoms. The lowest BCUT2D eigenvalue weighted by Gasteiger charge is -2.26. The molecule has 1 aliphatic carbocycles. The van der Waals surface area contributed by atoms with E-state index in [1.807, 2.05) is 0 Å². The fourth-order valence-electron chi connectivity index (χ4n) is 2.13. The topological polar surface area (TPSA) is 90.1 Å². The summed E-state index contributed by atoms with van der Waals surface area (Å²) in [6, 6.07) is 0.354. The van der Waals surface area contributed by atoms with Crippen LogP contribution in [0, 0.1) is 0 Å². The van der Waals surface area contributed by atoms with Gasteiger partial charge in [-0.1, -0.05) is 4.49 Å². The molecule has 106 valence electrons. The Morgan fingerprint density at radius 3 is 2.95 bits per heavy atom. The lowest BCUT2D eigenvalue weighted by Crippen LogP contribution is -2.31. The molecule has 0 bridgehead atoms. The second kappa shape index (κ2) is 7.52. The molecule has 7 heteroatoms. The lowest BCUT2D eigenvalue weighted by atomic mass is 9.94. The molecule has 1 saturated carbocycles. The van der Waals surface area contributed by atoms with Crippen molar-refractivity contribution in [3.63, 3.8) is 0 Å². The van der Waals surface area contributed by atoms with Crippen molar-refractivity contribution in [2.75, 3.05) is 13.2 Å². The number of hydrogen-bond donors (Lipinski definition) is 2. The van der Waals surface area contributed by atoms with Gasteiger partial charge in [-0.05, 0) is 43.6 Å². The number of nitrogens with one attached hydrogen (secondary N) is 1. The van der Waals surface area contributed by atoms with Crippen molar-refractivity contribution in [3.8, 4) is 0 Å². The molecular formula is C12H20N4O2S. The zero-order valence-electron chi connectivity index (χ0n) is 10.9. The van der Waals surface area contributed by atoms with Gasteiger partial charge in [-0.2, -0.15) is 0 Å². The van der Waals surface area contributed by atoms with E-state index in [2.05, 4.69) is 14.9 Å². The Bertz CT molecular complexity index is 377. The van der Waals surface area contributed by atoms with Crippen LogP contribution in [0.25, 0.3) is 0 Å². The highest BCUT2D eigenvalue weighted by molar-refractivity contribution is 7.07. The van der Waals surface area contributed by atoms with E-state index in [0.29, 0.717) is 30.2 Å². The highest BCUT2D eigenvalue weighted by atomic mass is 32.1. The average molecular weight is 284 g/mol. The summed E-state index contributed by atoms with van der Waals surface area (Å²) in [7, 11) is 0. The van der Waals surface area contributed by atoms with Gasteiger partial charge in [-0.15, -0.1) is 5.10 Å². The third-order valence-corrected chi connectivity index (χ3v) is 3.93. The summed E-state index contributed by atoms with van der Waals surface area (Å²) in [5.74, 6) is -0.112. The minimum absolute atomic E-state index is 0.112. The van der Waals surface area contributed by atoms with Gasteiger partial charge in [-0.25, -0.2) is 0 Å². The molecule has 0 saturated heterocycles. The van der Waals surface area contributed by atoms with Crippen LogP contribution in [0.1, 0.15) is 41.8 Å². The maximum atomic E-state index is 11.6. The van der Waals surface area contributed by atoms with Crippen molar-refractivity contribution >= 4 is 17.4 Å². The van der Waals surface area contributed by atoms with Crippen LogP contribution in [0.5, 0.6) is 0 Å². The summed E-state index contributed by atoms with van der Waals surface area (Å²) in [4.78, 5) is 12.1. The molecule has 2 rings (SSSR count). The van der Waals surface area contributed by atoms with E-state index in [1.54, 1.807) is 0 Å². The third kappa shape index (κ3) is 4.85. The van der Waals surface area contributed by atoms with Gasteiger partial charge in [-0.3, -0.25) is 4.79 Å². The van der Waals surface area contributed by atoms with E-state index in [1.165, 1.54) is 6.20 Å². The molecule has 1 aromatic rings. The Hall–Kier alpha value is -1.05. The van der Waals surface area contributed by atoms with E-state index in [-0.39, 0.29) is 5.91 Å². The quantitative estimate of drug-likeness (QED) is 0.759. The molecule has 1 aliphatic rings. The van der Waals surface area contributed by atoms with Crippen molar-refractivity contribution in [2.24, 2.45) is 5.73 Å². The third-order valence-electron chi connectivity index (χ3n) is 3.26. The van der Waals surface area contributed by atoms with Gasteiger partial charge in [0.05, 0.1) is 12.3 Å². The molecule has 0 aromatic carbocycles. The van der Waals surface area contributed by atoms with Crippen LogP contribution in [0.2, 0.25) is 0 Å². The summed E-state index contributed by atoms with van der Waals surface area (Å²) in [5.41, 5.74) is 5.84. The standard InChI is InChI=1S/C12H20N4O2S/c13-9-2-4-10(5-3-9)18-7-1-6-14-12(17)11-8-15-16-19-11/h8-10H,1-7,13H2,(H,14,17). The van der Waals surface area contributed by atoms with Crippen LogP contribution >= 0.6 is 11.5 Å². The molecular weight excluding hydrogens is 264 g/mol. The number of ether oxygens (including phenoxy) is 1. The lowest BCUT2D eigenvalue weighted by molar-refractivity contribution is 0.0241. The van der Waals surface area contributed by atoms with Crippen LogP contribution < -0.4 is 11.1 Å². The van der Waals surface area contributed by atoms with Crippen LogP contribution in [-0.4, -0.2) is 40.8 Å². The maximum absolute atomic E-state index is 11.6. The number of hydrogen-bond acceptors (Lipinski definition) is 6. The second-order valence-corrected chi connectivity index (χ2v) is 5.58. The number of nitrogens with zero attached hydrogens (tertiary/aromatic N) is 2. The molecule has 1 aromatic heterocycles. The Labute approximate surface area is 116 Å². The Morgan fingerprint density at radius 2 is 2.26 bits per heavy atom. The average Bonchev–Trinajstić information content (AvgIpc) is 2.94. The summed E-state index contributed by atoms with van der Waals surface area (Å²) in [5, 5.41) is 6.45. The smallest absolute Gasteiger partial charge is 0.264 e. The number of nitrogens with two attached hydrogens (primary N) is 1. The largest absolute Gasteiger partial charge is 0.378 e. The summed E-state index contributed by atoms with van der Waals surface area (Å²) in [6.45, 7) is 1.30. The number of rotatable bonds is 6. The zero-order chi connectivity index (χ0) is 13.5. The zero-order valence-corrected chi connectivity index (χ0v) is 11.7. The number of carbonyl (C=O) groups excluding carboxylic acids is 1. The van der Waals surface area contributed by atoms with Crippen molar-refractivity contribution in [2.45, 2.75) is 44.2 Å². The van der Waals surface area contributed by atoms with Crippen LogP contribution in [0.15, 0.2) is 6.20 Å². The van der Waals surface area contributed by atoms with Gasteiger partial charge < -0.3 is 15.8 Å². The van der Waals surface area contributed by atoms with E-state index in [0.717, 1.165) is 43.6 Å².